The second kappa shape index (κ2) is 8.92. The predicted octanol–water partition coefficient (Wildman–Crippen LogP) is 2.21. The van der Waals surface area contributed by atoms with Gasteiger partial charge in [0.1, 0.15) is 17.5 Å². The van der Waals surface area contributed by atoms with Crippen LogP contribution in [0.5, 0.6) is 5.75 Å². The number of nitrogens with zero attached hydrogens (tertiary/aromatic N) is 1. The van der Waals surface area contributed by atoms with E-state index in [0.717, 1.165) is 25.7 Å². The quantitative estimate of drug-likeness (QED) is 0.754. The lowest BCUT2D eigenvalue weighted by molar-refractivity contribution is -0.128. The molecule has 28 heavy (non-hydrogen) atoms. The summed E-state index contributed by atoms with van der Waals surface area (Å²) in [5, 5.41) is 2.85. The standard InChI is InChI=1S/C21H30N2O5/c1-15-7-9-21(10-8-15)23(18(14-28-21)19(24)22-11-12-26-2)20(25)16-5-4-6-17(13-16)27-3/h4-6,13,15,18H,7-12,14H2,1-3H3,(H,22,24). The summed E-state index contributed by atoms with van der Waals surface area (Å²) in [6.45, 7) is 3.25. The third-order valence-electron chi connectivity index (χ3n) is 5.76. The van der Waals surface area contributed by atoms with Crippen LogP contribution in [0.3, 0.4) is 0 Å². The first kappa shape index (κ1) is 20.6. The van der Waals surface area contributed by atoms with Gasteiger partial charge in [-0.15, -0.1) is 0 Å². The molecule has 1 aromatic rings. The third-order valence-corrected chi connectivity index (χ3v) is 5.76. The number of nitrogens with one attached hydrogen (secondary N) is 1. The van der Waals surface area contributed by atoms with Crippen molar-refractivity contribution in [2.75, 3.05) is 34.0 Å². The van der Waals surface area contributed by atoms with E-state index >= 15 is 0 Å². The minimum atomic E-state index is -0.712. The van der Waals surface area contributed by atoms with Crippen LogP contribution in [-0.4, -0.2) is 62.5 Å². The topological polar surface area (TPSA) is 77.1 Å². The fourth-order valence-electron chi connectivity index (χ4n) is 4.07. The zero-order chi connectivity index (χ0) is 20.1. The van der Waals surface area contributed by atoms with E-state index in [2.05, 4.69) is 12.2 Å². The van der Waals surface area contributed by atoms with Gasteiger partial charge in [0.25, 0.3) is 5.91 Å². The van der Waals surface area contributed by atoms with Crippen LogP contribution in [0.4, 0.5) is 0 Å². The van der Waals surface area contributed by atoms with Crippen molar-refractivity contribution >= 4 is 11.8 Å². The van der Waals surface area contributed by atoms with Crippen LogP contribution < -0.4 is 10.1 Å². The van der Waals surface area contributed by atoms with E-state index < -0.39 is 11.8 Å². The van der Waals surface area contributed by atoms with Crippen molar-refractivity contribution in [2.45, 2.75) is 44.4 Å². The second-order valence-electron chi connectivity index (χ2n) is 7.65. The molecule has 0 bridgehead atoms. The van der Waals surface area contributed by atoms with Crippen LogP contribution >= 0.6 is 0 Å². The van der Waals surface area contributed by atoms with E-state index in [4.69, 9.17) is 14.2 Å². The third kappa shape index (κ3) is 4.15. The Kier molecular flexibility index (Phi) is 6.57. The minimum absolute atomic E-state index is 0.196. The van der Waals surface area contributed by atoms with Gasteiger partial charge in [-0.05, 0) is 49.8 Å². The number of ether oxygens (including phenoxy) is 3. The number of rotatable bonds is 6. The molecular weight excluding hydrogens is 360 g/mol. The van der Waals surface area contributed by atoms with E-state index in [0.29, 0.717) is 30.4 Å². The number of carbonyl (C=O) groups is 2. The van der Waals surface area contributed by atoms with Crippen LogP contribution in [0.25, 0.3) is 0 Å². The van der Waals surface area contributed by atoms with Crippen molar-refractivity contribution in [2.24, 2.45) is 5.92 Å². The van der Waals surface area contributed by atoms with Crippen LogP contribution in [0, 0.1) is 5.92 Å². The van der Waals surface area contributed by atoms with Gasteiger partial charge in [-0.25, -0.2) is 0 Å². The summed E-state index contributed by atoms with van der Waals surface area (Å²) in [4.78, 5) is 28.0. The Hall–Kier alpha value is -2.12. The molecule has 2 fully saturated rings. The van der Waals surface area contributed by atoms with Gasteiger partial charge in [-0.3, -0.25) is 14.5 Å². The zero-order valence-electron chi connectivity index (χ0n) is 16.9. The summed E-state index contributed by atoms with van der Waals surface area (Å²) in [7, 11) is 3.15. The van der Waals surface area contributed by atoms with E-state index in [-0.39, 0.29) is 18.4 Å². The van der Waals surface area contributed by atoms with Crippen molar-refractivity contribution in [3.05, 3.63) is 29.8 Å². The molecule has 1 N–H and O–H groups in total. The number of hydrogen-bond acceptors (Lipinski definition) is 5. The Morgan fingerprint density at radius 1 is 1.29 bits per heavy atom. The smallest absolute Gasteiger partial charge is 0.257 e. The molecule has 1 aliphatic heterocycles. The monoisotopic (exact) mass is 390 g/mol. The summed E-state index contributed by atoms with van der Waals surface area (Å²) in [5.74, 6) is 0.803. The zero-order valence-corrected chi connectivity index (χ0v) is 16.9. The van der Waals surface area contributed by atoms with Gasteiger partial charge in [-0.2, -0.15) is 0 Å². The Morgan fingerprint density at radius 2 is 2.04 bits per heavy atom. The van der Waals surface area contributed by atoms with E-state index in [1.54, 1.807) is 43.4 Å². The fraction of sp³-hybridized carbons (Fsp3) is 0.619. The maximum Gasteiger partial charge on any atom is 0.257 e. The maximum absolute atomic E-state index is 13.5. The number of amides is 2. The average molecular weight is 390 g/mol. The van der Waals surface area contributed by atoms with Crippen molar-refractivity contribution in [1.29, 1.82) is 0 Å². The second-order valence-corrected chi connectivity index (χ2v) is 7.65. The lowest BCUT2D eigenvalue weighted by Gasteiger charge is -2.43. The van der Waals surface area contributed by atoms with Crippen LogP contribution in [-0.2, 0) is 14.3 Å². The number of hydrogen-bond donors (Lipinski definition) is 1. The molecule has 1 atom stereocenters. The van der Waals surface area contributed by atoms with Crippen LogP contribution in [0.15, 0.2) is 24.3 Å². The van der Waals surface area contributed by atoms with Crippen LogP contribution in [0.1, 0.15) is 43.0 Å². The highest BCUT2D eigenvalue weighted by atomic mass is 16.5. The molecule has 1 spiro atoms. The highest BCUT2D eigenvalue weighted by Gasteiger charge is 2.53. The number of benzene rings is 1. The minimum Gasteiger partial charge on any atom is -0.497 e. The highest BCUT2D eigenvalue weighted by molar-refractivity contribution is 5.98. The molecule has 1 unspecified atom stereocenters. The van der Waals surface area contributed by atoms with Crippen molar-refractivity contribution in [3.8, 4) is 5.75 Å². The molecule has 7 nitrogen and oxygen atoms in total. The number of methoxy groups -OCH3 is 2. The van der Waals surface area contributed by atoms with Gasteiger partial charge in [0.15, 0.2) is 0 Å². The Labute approximate surface area is 166 Å². The summed E-state index contributed by atoms with van der Waals surface area (Å²) in [6.07, 6.45) is 3.43. The summed E-state index contributed by atoms with van der Waals surface area (Å²) < 4.78 is 16.4. The molecule has 1 saturated heterocycles. The molecule has 154 valence electrons. The summed E-state index contributed by atoms with van der Waals surface area (Å²) in [6, 6.07) is 6.39. The lowest BCUT2D eigenvalue weighted by atomic mass is 9.83. The van der Waals surface area contributed by atoms with E-state index in [1.165, 1.54) is 0 Å². The summed E-state index contributed by atoms with van der Waals surface area (Å²) in [5.41, 5.74) is -0.215. The normalized spacial score (nSPS) is 27.0. The molecule has 7 heteroatoms. The molecule has 3 rings (SSSR count). The van der Waals surface area contributed by atoms with Gasteiger partial charge < -0.3 is 19.5 Å². The Morgan fingerprint density at radius 3 is 2.71 bits per heavy atom. The Balaban J connectivity index is 1.88. The lowest BCUT2D eigenvalue weighted by Crippen LogP contribution is -2.57. The number of carbonyl (C=O) groups excluding carboxylic acids is 2. The van der Waals surface area contributed by atoms with Gasteiger partial charge in [0, 0.05) is 19.2 Å². The first-order chi connectivity index (χ1) is 13.5. The molecule has 0 aromatic heterocycles. The maximum atomic E-state index is 13.5. The predicted molar refractivity (Wildman–Crippen MR) is 104 cm³/mol. The van der Waals surface area contributed by atoms with Gasteiger partial charge in [0.05, 0.1) is 20.3 Å². The average Bonchev–Trinajstić information content (AvgIpc) is 3.09. The van der Waals surface area contributed by atoms with Crippen LogP contribution in [0.2, 0.25) is 0 Å². The molecule has 0 radical (unpaired) electrons. The first-order valence-electron chi connectivity index (χ1n) is 9.89. The highest BCUT2D eigenvalue weighted by Crippen LogP contribution is 2.43. The molecule has 1 saturated carbocycles. The molecule has 1 aromatic carbocycles. The van der Waals surface area contributed by atoms with Crippen molar-refractivity contribution in [1.82, 2.24) is 10.2 Å². The molecule has 1 aliphatic carbocycles. The molecule has 2 aliphatic rings. The van der Waals surface area contributed by atoms with Gasteiger partial charge in [-0.1, -0.05) is 13.0 Å². The molecular formula is C21H30N2O5. The van der Waals surface area contributed by atoms with E-state index in [9.17, 15) is 9.59 Å². The SMILES string of the molecule is COCCNC(=O)C1COC2(CCC(C)CC2)N1C(=O)c1cccc(OC)c1. The van der Waals surface area contributed by atoms with Crippen molar-refractivity contribution < 1.29 is 23.8 Å². The first-order valence-corrected chi connectivity index (χ1v) is 9.89. The Bertz CT molecular complexity index is 700. The van der Waals surface area contributed by atoms with E-state index in [1.807, 2.05) is 0 Å². The summed E-state index contributed by atoms with van der Waals surface area (Å²) >= 11 is 0. The largest absolute Gasteiger partial charge is 0.497 e. The van der Waals surface area contributed by atoms with Crippen molar-refractivity contribution in [3.63, 3.8) is 0 Å². The van der Waals surface area contributed by atoms with Gasteiger partial charge >= 0.3 is 0 Å². The fourth-order valence-corrected chi connectivity index (χ4v) is 4.07. The molecule has 1 heterocycles. The van der Waals surface area contributed by atoms with Gasteiger partial charge in [0.2, 0.25) is 5.91 Å². The molecule has 2 amide bonds.